The van der Waals surface area contributed by atoms with Crippen LogP contribution in [0.15, 0.2) is 18.2 Å². The predicted molar refractivity (Wildman–Crippen MR) is 114 cm³/mol. The number of benzene rings is 1. The van der Waals surface area contributed by atoms with Crippen molar-refractivity contribution in [2.24, 2.45) is 0 Å². The van der Waals surface area contributed by atoms with Crippen LogP contribution >= 0.6 is 12.4 Å². The highest BCUT2D eigenvalue weighted by molar-refractivity contribution is 5.85. The van der Waals surface area contributed by atoms with Gasteiger partial charge in [-0.3, -0.25) is 0 Å². The number of nitrogens with one attached hydrogen (secondary N) is 1. The summed E-state index contributed by atoms with van der Waals surface area (Å²) in [6.45, 7) is 15.7. The van der Waals surface area contributed by atoms with Crippen LogP contribution in [-0.2, 0) is 15.6 Å². The van der Waals surface area contributed by atoms with Crippen molar-refractivity contribution < 1.29 is 14.6 Å². The maximum Gasteiger partial charge on any atom is 0.123 e. The summed E-state index contributed by atoms with van der Waals surface area (Å²) in [7, 11) is 0. The van der Waals surface area contributed by atoms with Gasteiger partial charge in [0.15, 0.2) is 0 Å². The van der Waals surface area contributed by atoms with Crippen molar-refractivity contribution in [3.05, 3.63) is 29.3 Å². The Kier molecular flexibility index (Phi) is 9.07. The molecular formula is C22H38ClNO3. The van der Waals surface area contributed by atoms with Crippen LogP contribution in [-0.4, -0.2) is 43.6 Å². The molecule has 1 aliphatic heterocycles. The number of rotatable bonds is 6. The molecule has 0 amide bonds. The second-order valence-corrected chi connectivity index (χ2v) is 9.47. The van der Waals surface area contributed by atoms with E-state index in [1.807, 2.05) is 0 Å². The van der Waals surface area contributed by atoms with E-state index in [0.29, 0.717) is 19.2 Å². The fourth-order valence-electron chi connectivity index (χ4n) is 3.16. The minimum atomic E-state index is -0.520. The molecule has 2 rings (SSSR count). The van der Waals surface area contributed by atoms with E-state index < -0.39 is 6.10 Å². The van der Waals surface area contributed by atoms with E-state index in [0.717, 1.165) is 31.8 Å². The molecule has 2 N–H and O–H groups in total. The second kappa shape index (κ2) is 10.1. The Hall–Kier alpha value is -0.810. The van der Waals surface area contributed by atoms with Gasteiger partial charge in [-0.2, -0.15) is 0 Å². The van der Waals surface area contributed by atoms with Crippen molar-refractivity contribution in [1.29, 1.82) is 0 Å². The molecule has 27 heavy (non-hydrogen) atoms. The minimum Gasteiger partial charge on any atom is -0.491 e. The van der Waals surface area contributed by atoms with Gasteiger partial charge in [0.25, 0.3) is 0 Å². The fourth-order valence-corrected chi connectivity index (χ4v) is 3.16. The van der Waals surface area contributed by atoms with Gasteiger partial charge in [0.2, 0.25) is 0 Å². The maximum absolute atomic E-state index is 10.3. The fraction of sp³-hybridized carbons (Fsp3) is 0.727. The first-order chi connectivity index (χ1) is 12.1. The van der Waals surface area contributed by atoms with Crippen molar-refractivity contribution in [2.75, 3.05) is 26.4 Å². The molecule has 1 heterocycles. The average Bonchev–Trinajstić information content (AvgIpc) is 2.57. The van der Waals surface area contributed by atoms with Gasteiger partial charge in [0.1, 0.15) is 18.5 Å². The topological polar surface area (TPSA) is 50.7 Å². The van der Waals surface area contributed by atoms with Gasteiger partial charge < -0.3 is 19.9 Å². The van der Waals surface area contributed by atoms with Crippen LogP contribution in [0.4, 0.5) is 0 Å². The lowest BCUT2D eigenvalue weighted by atomic mass is 9.80. The molecule has 1 aliphatic rings. The smallest absolute Gasteiger partial charge is 0.123 e. The average molecular weight is 400 g/mol. The largest absolute Gasteiger partial charge is 0.491 e. The summed E-state index contributed by atoms with van der Waals surface area (Å²) < 4.78 is 11.4. The Labute approximate surface area is 171 Å². The monoisotopic (exact) mass is 399 g/mol. The van der Waals surface area contributed by atoms with Crippen molar-refractivity contribution in [3.63, 3.8) is 0 Å². The molecule has 0 radical (unpaired) electrons. The van der Waals surface area contributed by atoms with E-state index >= 15 is 0 Å². The number of ether oxygens (including phenoxy) is 2. The molecule has 0 saturated carbocycles. The van der Waals surface area contributed by atoms with Gasteiger partial charge in [-0.1, -0.05) is 53.7 Å². The van der Waals surface area contributed by atoms with E-state index in [1.165, 1.54) is 11.1 Å². The van der Waals surface area contributed by atoms with E-state index in [4.69, 9.17) is 9.47 Å². The van der Waals surface area contributed by atoms with Crippen LogP contribution in [0.1, 0.15) is 65.5 Å². The Morgan fingerprint density at radius 1 is 1.11 bits per heavy atom. The summed E-state index contributed by atoms with van der Waals surface area (Å²) in [6, 6.07) is 6.88. The van der Waals surface area contributed by atoms with Crippen LogP contribution in [0.25, 0.3) is 0 Å². The zero-order valence-corrected chi connectivity index (χ0v) is 18.6. The van der Waals surface area contributed by atoms with Gasteiger partial charge in [-0.15, -0.1) is 12.4 Å². The molecule has 0 aromatic heterocycles. The van der Waals surface area contributed by atoms with Crippen LogP contribution in [0.2, 0.25) is 0 Å². The summed E-state index contributed by atoms with van der Waals surface area (Å²) in [6.07, 6.45) is 1.50. The molecule has 1 aromatic rings. The lowest BCUT2D eigenvalue weighted by Gasteiger charge is -2.28. The first-order valence-electron chi connectivity index (χ1n) is 9.84. The summed E-state index contributed by atoms with van der Waals surface area (Å²) in [5, 5.41) is 13.7. The van der Waals surface area contributed by atoms with Gasteiger partial charge in [0.05, 0.1) is 0 Å². The lowest BCUT2D eigenvalue weighted by molar-refractivity contribution is 0.0653. The van der Waals surface area contributed by atoms with Crippen molar-refractivity contribution in [1.82, 2.24) is 5.32 Å². The highest BCUT2D eigenvalue weighted by atomic mass is 35.5. The molecule has 0 aliphatic carbocycles. The molecule has 1 unspecified atom stereocenters. The Morgan fingerprint density at radius 2 is 1.74 bits per heavy atom. The molecule has 0 spiro atoms. The minimum absolute atomic E-state index is 0. The zero-order chi connectivity index (χ0) is 19.4. The Balaban J connectivity index is 0.00000364. The van der Waals surface area contributed by atoms with Gasteiger partial charge in [0, 0.05) is 25.8 Å². The summed E-state index contributed by atoms with van der Waals surface area (Å²) in [5.74, 6) is 0.871. The van der Waals surface area contributed by atoms with Gasteiger partial charge >= 0.3 is 0 Å². The number of aliphatic hydroxyl groups excluding tert-OH is 1. The molecule has 1 aromatic carbocycles. The van der Waals surface area contributed by atoms with E-state index in [1.54, 1.807) is 0 Å². The lowest BCUT2D eigenvalue weighted by Crippen LogP contribution is -2.40. The zero-order valence-electron chi connectivity index (χ0n) is 17.8. The van der Waals surface area contributed by atoms with Crippen LogP contribution in [0, 0.1) is 0 Å². The molecule has 0 bridgehead atoms. The molecule has 156 valence electrons. The molecule has 1 saturated heterocycles. The summed E-state index contributed by atoms with van der Waals surface area (Å²) >= 11 is 0. The highest BCUT2D eigenvalue weighted by Gasteiger charge is 2.23. The maximum atomic E-state index is 10.3. The highest BCUT2D eigenvalue weighted by Crippen LogP contribution is 2.35. The van der Waals surface area contributed by atoms with Crippen molar-refractivity contribution >= 4 is 12.4 Å². The van der Waals surface area contributed by atoms with Gasteiger partial charge in [-0.25, -0.2) is 0 Å². The standard InChI is InChI=1S/C22H37NO3.ClH/c1-21(2,3)16-7-8-20(19(13-16)22(4,5)6)26-15-18(24)14-23-17-9-11-25-12-10-17;/h7-8,13,17-18,23-24H,9-12,14-15H2,1-6H3;1H. The second-order valence-electron chi connectivity index (χ2n) is 9.47. The van der Waals surface area contributed by atoms with E-state index in [9.17, 15) is 5.11 Å². The quantitative estimate of drug-likeness (QED) is 0.752. The third-order valence-corrected chi connectivity index (χ3v) is 4.95. The predicted octanol–water partition coefficient (Wildman–Crippen LogP) is 4.21. The normalized spacial score (nSPS) is 17.3. The molecule has 1 atom stereocenters. The SMILES string of the molecule is CC(C)(C)c1ccc(OCC(O)CNC2CCOCC2)c(C(C)(C)C)c1.Cl. The van der Waals surface area contributed by atoms with E-state index in [2.05, 4.69) is 65.1 Å². The van der Waals surface area contributed by atoms with Crippen LogP contribution in [0.3, 0.4) is 0 Å². The van der Waals surface area contributed by atoms with Gasteiger partial charge in [-0.05, 0) is 40.9 Å². The number of hydrogen-bond acceptors (Lipinski definition) is 4. The third-order valence-electron chi connectivity index (χ3n) is 4.95. The van der Waals surface area contributed by atoms with Crippen LogP contribution < -0.4 is 10.1 Å². The molecule has 5 heteroatoms. The first kappa shape index (κ1) is 24.2. The van der Waals surface area contributed by atoms with Crippen molar-refractivity contribution in [2.45, 2.75) is 77.4 Å². The van der Waals surface area contributed by atoms with E-state index in [-0.39, 0.29) is 23.2 Å². The summed E-state index contributed by atoms with van der Waals surface area (Å²) in [4.78, 5) is 0. The number of hydrogen-bond donors (Lipinski definition) is 2. The Morgan fingerprint density at radius 3 is 2.30 bits per heavy atom. The first-order valence-corrected chi connectivity index (χ1v) is 9.84. The molecule has 1 fully saturated rings. The Bertz CT molecular complexity index is 572. The summed E-state index contributed by atoms with van der Waals surface area (Å²) in [5.41, 5.74) is 2.58. The molecule has 4 nitrogen and oxygen atoms in total. The van der Waals surface area contributed by atoms with Crippen molar-refractivity contribution in [3.8, 4) is 5.75 Å². The number of halogens is 1. The number of aliphatic hydroxyl groups is 1. The van der Waals surface area contributed by atoms with Crippen LogP contribution in [0.5, 0.6) is 5.75 Å². The molecular weight excluding hydrogens is 362 g/mol. The third kappa shape index (κ3) is 7.61.